The number of halogens is 2. The molecule has 4 aliphatic carbocycles. The van der Waals surface area contributed by atoms with Crippen LogP contribution in [0.1, 0.15) is 64.0 Å². The first-order valence-electron chi connectivity index (χ1n) is 10.6. The maximum atomic E-state index is 13.4. The van der Waals surface area contributed by atoms with E-state index in [1.165, 1.54) is 25.3 Å². The minimum Gasteiger partial charge on any atom is -0.332 e. The predicted octanol–water partition coefficient (Wildman–Crippen LogP) is 3.80. The van der Waals surface area contributed by atoms with Crippen LogP contribution in [0, 0.1) is 29.4 Å². The van der Waals surface area contributed by atoms with Crippen molar-refractivity contribution < 1.29 is 18.4 Å². The van der Waals surface area contributed by atoms with Gasteiger partial charge in [0.25, 0.3) is 0 Å². The summed E-state index contributed by atoms with van der Waals surface area (Å²) in [7, 11) is 0. The maximum Gasteiger partial charge on any atom is 0.321 e. The number of hydrogen-bond acceptors (Lipinski definition) is 3. The Kier molecular flexibility index (Phi) is 5.36. The second-order valence-corrected chi connectivity index (χ2v) is 9.42. The molecule has 4 bridgehead atoms. The van der Waals surface area contributed by atoms with E-state index in [4.69, 9.17) is 0 Å². The Labute approximate surface area is 170 Å². The maximum absolute atomic E-state index is 13.4. The van der Waals surface area contributed by atoms with Crippen LogP contribution in [0.5, 0.6) is 0 Å². The summed E-state index contributed by atoms with van der Waals surface area (Å²) in [5, 5.41) is 8.59. The molecule has 0 radical (unpaired) electrons. The third kappa shape index (κ3) is 4.29. The van der Waals surface area contributed by atoms with Crippen LogP contribution in [0.4, 0.5) is 13.6 Å². The first-order chi connectivity index (χ1) is 13.7. The lowest BCUT2D eigenvalue weighted by atomic mass is 9.53. The summed E-state index contributed by atoms with van der Waals surface area (Å²) in [6.45, 7) is 3.40. The summed E-state index contributed by atoms with van der Waals surface area (Å²) >= 11 is 0. The standard InChI is InChI=1S/C22H29F2N3O2/c1-12(17-3-4-18(23)19(24)8-17)25-13(2)20(28)26-21(29)27-22-9-14-5-15(10-22)7-16(6-14)11-22/h3-4,8,12-16,25H,5-7,9-11H2,1-2H3,(H2,26,27,28,29)/t12-,13+,14?,15?,16?,22?/m0/s1. The Bertz CT molecular complexity index is 778. The minimum atomic E-state index is -0.928. The molecule has 29 heavy (non-hydrogen) atoms. The van der Waals surface area contributed by atoms with Gasteiger partial charge in [0, 0.05) is 11.6 Å². The van der Waals surface area contributed by atoms with Gasteiger partial charge in [0.2, 0.25) is 5.91 Å². The van der Waals surface area contributed by atoms with E-state index < -0.39 is 29.6 Å². The average molecular weight is 405 g/mol. The van der Waals surface area contributed by atoms with Crippen molar-refractivity contribution in [3.05, 3.63) is 35.4 Å². The lowest BCUT2D eigenvalue weighted by Crippen LogP contribution is -2.62. The fraction of sp³-hybridized carbons (Fsp3) is 0.636. The molecule has 0 unspecified atom stereocenters. The summed E-state index contributed by atoms with van der Waals surface area (Å²) in [6.07, 6.45) is 6.89. The van der Waals surface area contributed by atoms with Crippen LogP contribution >= 0.6 is 0 Å². The molecule has 4 aliphatic rings. The third-order valence-electron chi connectivity index (χ3n) is 6.99. The van der Waals surface area contributed by atoms with Gasteiger partial charge in [-0.25, -0.2) is 13.6 Å². The van der Waals surface area contributed by atoms with Gasteiger partial charge in [0.1, 0.15) is 0 Å². The largest absolute Gasteiger partial charge is 0.332 e. The van der Waals surface area contributed by atoms with Crippen LogP contribution in [0.2, 0.25) is 0 Å². The Morgan fingerprint density at radius 1 is 1.00 bits per heavy atom. The van der Waals surface area contributed by atoms with E-state index in [0.717, 1.165) is 31.4 Å². The Hall–Kier alpha value is -2.02. The number of urea groups is 1. The van der Waals surface area contributed by atoms with Gasteiger partial charge in [0.05, 0.1) is 6.04 Å². The number of imide groups is 1. The van der Waals surface area contributed by atoms with E-state index in [-0.39, 0.29) is 11.6 Å². The van der Waals surface area contributed by atoms with E-state index in [2.05, 4.69) is 16.0 Å². The predicted molar refractivity (Wildman–Crippen MR) is 105 cm³/mol. The topological polar surface area (TPSA) is 70.2 Å². The van der Waals surface area contributed by atoms with Gasteiger partial charge in [-0.3, -0.25) is 15.4 Å². The lowest BCUT2D eigenvalue weighted by Gasteiger charge is -2.56. The molecule has 1 aromatic carbocycles. The number of rotatable bonds is 5. The normalized spacial score (nSPS) is 31.9. The summed E-state index contributed by atoms with van der Waals surface area (Å²) in [5.74, 6) is -0.169. The first kappa shape index (κ1) is 20.3. The molecule has 7 heteroatoms. The van der Waals surface area contributed by atoms with E-state index in [1.54, 1.807) is 13.8 Å². The van der Waals surface area contributed by atoms with Gasteiger partial charge in [-0.2, -0.15) is 0 Å². The van der Waals surface area contributed by atoms with Gasteiger partial charge in [-0.1, -0.05) is 6.07 Å². The minimum absolute atomic E-state index is 0.158. The molecule has 4 saturated carbocycles. The van der Waals surface area contributed by atoms with Gasteiger partial charge in [-0.15, -0.1) is 0 Å². The number of amides is 3. The molecule has 158 valence electrons. The second-order valence-electron chi connectivity index (χ2n) is 9.42. The number of nitrogens with one attached hydrogen (secondary N) is 3. The van der Waals surface area contributed by atoms with Crippen LogP contribution in [-0.4, -0.2) is 23.5 Å². The molecule has 3 N–H and O–H groups in total. The summed E-state index contributed by atoms with van der Waals surface area (Å²) in [4.78, 5) is 25.0. The summed E-state index contributed by atoms with van der Waals surface area (Å²) in [6, 6.07) is 2.16. The zero-order valence-electron chi connectivity index (χ0n) is 16.9. The number of carbonyl (C=O) groups is 2. The fourth-order valence-corrected chi connectivity index (χ4v) is 6.08. The Morgan fingerprint density at radius 3 is 2.14 bits per heavy atom. The molecule has 5 rings (SSSR count). The van der Waals surface area contributed by atoms with Crippen LogP contribution in [0.15, 0.2) is 18.2 Å². The van der Waals surface area contributed by atoms with Crippen LogP contribution in [0.3, 0.4) is 0 Å². The number of hydrogen-bond donors (Lipinski definition) is 3. The van der Waals surface area contributed by atoms with Crippen molar-refractivity contribution in [1.29, 1.82) is 0 Å². The molecule has 0 saturated heterocycles. The van der Waals surface area contributed by atoms with Crippen molar-refractivity contribution in [2.45, 2.75) is 70.0 Å². The smallest absolute Gasteiger partial charge is 0.321 e. The molecular formula is C22H29F2N3O2. The number of benzene rings is 1. The molecule has 5 nitrogen and oxygen atoms in total. The van der Waals surface area contributed by atoms with Crippen LogP contribution < -0.4 is 16.0 Å². The van der Waals surface area contributed by atoms with Crippen LogP contribution in [-0.2, 0) is 4.79 Å². The van der Waals surface area contributed by atoms with Crippen molar-refractivity contribution in [3.63, 3.8) is 0 Å². The van der Waals surface area contributed by atoms with Gasteiger partial charge < -0.3 is 5.32 Å². The molecular weight excluding hydrogens is 376 g/mol. The zero-order chi connectivity index (χ0) is 20.8. The molecule has 0 aliphatic heterocycles. The molecule has 0 aromatic heterocycles. The molecule has 4 fully saturated rings. The molecule has 2 atom stereocenters. The highest BCUT2D eigenvalue weighted by molar-refractivity contribution is 5.97. The van der Waals surface area contributed by atoms with Gasteiger partial charge in [0.15, 0.2) is 11.6 Å². The molecule has 3 amide bonds. The van der Waals surface area contributed by atoms with Gasteiger partial charge >= 0.3 is 6.03 Å². The fourth-order valence-electron chi connectivity index (χ4n) is 6.08. The van der Waals surface area contributed by atoms with E-state index in [9.17, 15) is 18.4 Å². The molecule has 0 spiro atoms. The first-order valence-corrected chi connectivity index (χ1v) is 10.6. The SMILES string of the molecule is C[C@H](N[C@H](C)C(=O)NC(=O)NC12CC3CC(CC(C3)C1)C2)c1ccc(F)c(F)c1. The third-order valence-corrected chi connectivity index (χ3v) is 6.99. The quantitative estimate of drug-likeness (QED) is 0.698. The van der Waals surface area contributed by atoms with Crippen LogP contribution in [0.25, 0.3) is 0 Å². The monoisotopic (exact) mass is 405 g/mol. The summed E-state index contributed by atoms with van der Waals surface area (Å²) in [5.41, 5.74) is 0.371. The molecule has 1 aromatic rings. The van der Waals surface area contributed by atoms with Crippen molar-refractivity contribution in [2.75, 3.05) is 0 Å². The Morgan fingerprint density at radius 2 is 1.59 bits per heavy atom. The zero-order valence-corrected chi connectivity index (χ0v) is 16.9. The van der Waals surface area contributed by atoms with Crippen molar-refractivity contribution in [2.24, 2.45) is 17.8 Å². The lowest BCUT2D eigenvalue weighted by molar-refractivity contribution is -0.121. The van der Waals surface area contributed by atoms with Gasteiger partial charge in [-0.05, 0) is 87.8 Å². The van der Waals surface area contributed by atoms with E-state index in [0.29, 0.717) is 23.3 Å². The van der Waals surface area contributed by atoms with E-state index in [1.807, 2.05) is 0 Å². The number of carbonyl (C=O) groups excluding carboxylic acids is 2. The highest BCUT2D eigenvalue weighted by Gasteiger charge is 2.51. The average Bonchev–Trinajstić information content (AvgIpc) is 2.62. The highest BCUT2D eigenvalue weighted by atomic mass is 19.2. The van der Waals surface area contributed by atoms with Crippen molar-refractivity contribution in [3.8, 4) is 0 Å². The second kappa shape index (κ2) is 7.67. The van der Waals surface area contributed by atoms with Crippen molar-refractivity contribution in [1.82, 2.24) is 16.0 Å². The summed E-state index contributed by atoms with van der Waals surface area (Å²) < 4.78 is 26.5. The highest BCUT2D eigenvalue weighted by Crippen LogP contribution is 2.55. The van der Waals surface area contributed by atoms with E-state index >= 15 is 0 Å². The Balaban J connectivity index is 1.30. The molecule has 0 heterocycles. The van der Waals surface area contributed by atoms with Crippen molar-refractivity contribution >= 4 is 11.9 Å².